The van der Waals surface area contributed by atoms with Crippen molar-refractivity contribution in [2.45, 2.75) is 39.3 Å². The van der Waals surface area contributed by atoms with Crippen LogP contribution in [0.25, 0.3) is 0 Å². The van der Waals surface area contributed by atoms with E-state index in [0.29, 0.717) is 17.9 Å². The van der Waals surface area contributed by atoms with Gasteiger partial charge in [0.2, 0.25) is 0 Å². The average molecular weight is 417 g/mol. The van der Waals surface area contributed by atoms with Gasteiger partial charge in [0, 0.05) is 12.2 Å². The van der Waals surface area contributed by atoms with Crippen molar-refractivity contribution < 1.29 is 14.3 Å². The summed E-state index contributed by atoms with van der Waals surface area (Å²) < 4.78 is 5.88. The molecule has 3 rings (SSSR count). The van der Waals surface area contributed by atoms with E-state index in [0.717, 1.165) is 16.8 Å². The zero-order valence-electron chi connectivity index (χ0n) is 18.1. The molecule has 0 spiro atoms. The maximum atomic E-state index is 12.7. The van der Waals surface area contributed by atoms with Crippen LogP contribution in [0.5, 0.6) is 5.75 Å². The Bertz CT molecular complexity index is 1030. The van der Waals surface area contributed by atoms with Crippen LogP contribution >= 0.6 is 0 Å². The quantitative estimate of drug-likeness (QED) is 0.534. The zero-order valence-corrected chi connectivity index (χ0v) is 18.1. The number of hydrogen-bond donors (Lipinski definition) is 2. The first-order valence-corrected chi connectivity index (χ1v) is 10.4. The van der Waals surface area contributed by atoms with Crippen LogP contribution in [-0.4, -0.2) is 17.9 Å². The van der Waals surface area contributed by atoms with Crippen LogP contribution in [0.2, 0.25) is 0 Å². The summed E-state index contributed by atoms with van der Waals surface area (Å²) in [5, 5.41) is 5.84. The molecule has 0 saturated heterocycles. The van der Waals surface area contributed by atoms with Crippen molar-refractivity contribution in [3.63, 3.8) is 0 Å². The maximum absolute atomic E-state index is 12.7. The van der Waals surface area contributed by atoms with E-state index in [1.807, 2.05) is 54.6 Å². The lowest BCUT2D eigenvalue weighted by molar-refractivity contribution is -0.122. The van der Waals surface area contributed by atoms with Crippen molar-refractivity contribution >= 4 is 17.5 Å². The Morgan fingerprint density at radius 3 is 2.23 bits per heavy atom. The molecule has 31 heavy (non-hydrogen) atoms. The number of rotatable bonds is 8. The van der Waals surface area contributed by atoms with Crippen molar-refractivity contribution in [1.82, 2.24) is 5.32 Å². The van der Waals surface area contributed by atoms with Crippen LogP contribution in [0.4, 0.5) is 5.69 Å². The molecule has 3 aromatic carbocycles. The summed E-state index contributed by atoms with van der Waals surface area (Å²) in [6.07, 6.45) is -0.775. The molecule has 0 aliphatic carbocycles. The van der Waals surface area contributed by atoms with Crippen molar-refractivity contribution in [3.05, 3.63) is 95.6 Å². The molecule has 0 aliphatic heterocycles. The third-order valence-electron chi connectivity index (χ3n) is 4.94. The predicted molar refractivity (Wildman–Crippen MR) is 123 cm³/mol. The number of ether oxygens (including phenoxy) is 1. The first-order valence-electron chi connectivity index (χ1n) is 10.4. The van der Waals surface area contributed by atoms with Gasteiger partial charge in [0.05, 0.1) is 5.56 Å². The Kier molecular flexibility index (Phi) is 7.44. The summed E-state index contributed by atoms with van der Waals surface area (Å²) in [6, 6.07) is 24.3. The molecular weight excluding hydrogens is 388 g/mol. The molecule has 0 saturated carbocycles. The molecule has 2 amide bonds. The number of benzene rings is 3. The van der Waals surface area contributed by atoms with E-state index in [-0.39, 0.29) is 17.7 Å². The van der Waals surface area contributed by atoms with E-state index in [9.17, 15) is 9.59 Å². The van der Waals surface area contributed by atoms with Gasteiger partial charge in [-0.1, -0.05) is 74.5 Å². The minimum Gasteiger partial charge on any atom is -0.480 e. The fraction of sp³-hybridized carbons (Fsp3) is 0.231. The van der Waals surface area contributed by atoms with Crippen LogP contribution in [0.1, 0.15) is 48.2 Å². The second-order valence-corrected chi connectivity index (χ2v) is 7.66. The number of carbonyl (C=O) groups excluding carboxylic acids is 2. The Morgan fingerprint density at radius 1 is 0.839 bits per heavy atom. The number of hydrogen-bond acceptors (Lipinski definition) is 3. The lowest BCUT2D eigenvalue weighted by Gasteiger charge is -2.19. The van der Waals surface area contributed by atoms with Crippen molar-refractivity contribution in [2.75, 3.05) is 5.32 Å². The average Bonchev–Trinajstić information content (AvgIpc) is 2.78. The van der Waals surface area contributed by atoms with Gasteiger partial charge in [0.25, 0.3) is 11.8 Å². The Labute approximate surface area is 183 Å². The lowest BCUT2D eigenvalue weighted by atomic mass is 10.0. The van der Waals surface area contributed by atoms with Crippen LogP contribution in [0.15, 0.2) is 78.9 Å². The molecule has 0 heterocycles. The molecule has 1 atom stereocenters. The molecule has 3 aromatic rings. The lowest BCUT2D eigenvalue weighted by Crippen LogP contribution is -2.31. The standard InChI is InChI=1S/C26H28N2O3/c1-18(2)21-13-7-9-15-23(21)28-25(29)19(3)31-24-16-10-8-14-22(24)26(30)27-17-20-11-5-4-6-12-20/h4-16,18-19H,17H2,1-3H3,(H,27,30)(H,28,29)/t19-/m1/s1. The Balaban J connectivity index is 1.67. The highest BCUT2D eigenvalue weighted by molar-refractivity contribution is 5.98. The molecular formula is C26H28N2O3. The number of anilines is 1. The highest BCUT2D eigenvalue weighted by Gasteiger charge is 2.20. The number of nitrogens with one attached hydrogen (secondary N) is 2. The number of para-hydroxylation sites is 2. The van der Waals surface area contributed by atoms with Crippen LogP contribution in [-0.2, 0) is 11.3 Å². The first kappa shape index (κ1) is 22.1. The number of amides is 2. The number of carbonyl (C=O) groups is 2. The first-order chi connectivity index (χ1) is 15.0. The van der Waals surface area contributed by atoms with Gasteiger partial charge in [-0.15, -0.1) is 0 Å². The second-order valence-electron chi connectivity index (χ2n) is 7.66. The van der Waals surface area contributed by atoms with Gasteiger partial charge in [-0.05, 0) is 42.2 Å². The zero-order chi connectivity index (χ0) is 22.2. The SMILES string of the molecule is CC(C)c1ccccc1NC(=O)[C@@H](C)Oc1ccccc1C(=O)NCc1ccccc1. The van der Waals surface area contributed by atoms with Gasteiger partial charge in [-0.2, -0.15) is 0 Å². The van der Waals surface area contributed by atoms with Crippen LogP contribution in [0, 0.1) is 0 Å². The minimum absolute atomic E-state index is 0.253. The fourth-order valence-electron chi connectivity index (χ4n) is 3.22. The second kappa shape index (κ2) is 10.4. The van der Waals surface area contributed by atoms with Crippen LogP contribution in [0.3, 0.4) is 0 Å². The van der Waals surface area contributed by atoms with Gasteiger partial charge >= 0.3 is 0 Å². The summed E-state index contributed by atoms with van der Waals surface area (Å²) in [5.41, 5.74) is 3.22. The molecule has 160 valence electrons. The summed E-state index contributed by atoms with van der Waals surface area (Å²) in [7, 11) is 0. The van der Waals surface area contributed by atoms with E-state index in [2.05, 4.69) is 24.5 Å². The third-order valence-corrected chi connectivity index (χ3v) is 4.94. The maximum Gasteiger partial charge on any atom is 0.265 e. The van der Waals surface area contributed by atoms with Crippen molar-refractivity contribution in [1.29, 1.82) is 0 Å². The van der Waals surface area contributed by atoms with Crippen molar-refractivity contribution in [3.8, 4) is 5.75 Å². The Morgan fingerprint density at radius 2 is 1.48 bits per heavy atom. The summed E-state index contributed by atoms with van der Waals surface area (Å²) in [5.74, 6) is 0.124. The largest absolute Gasteiger partial charge is 0.480 e. The van der Waals surface area contributed by atoms with Crippen LogP contribution < -0.4 is 15.4 Å². The van der Waals surface area contributed by atoms with Gasteiger partial charge in [0.1, 0.15) is 5.75 Å². The molecule has 0 aliphatic rings. The Hall–Kier alpha value is -3.60. The van der Waals surface area contributed by atoms with Gasteiger partial charge in [-0.25, -0.2) is 0 Å². The normalized spacial score (nSPS) is 11.6. The highest BCUT2D eigenvalue weighted by atomic mass is 16.5. The summed E-state index contributed by atoms with van der Waals surface area (Å²) >= 11 is 0. The minimum atomic E-state index is -0.775. The molecule has 0 fully saturated rings. The van der Waals surface area contributed by atoms with Gasteiger partial charge in [0.15, 0.2) is 6.10 Å². The molecule has 0 radical (unpaired) electrons. The third kappa shape index (κ3) is 5.95. The fourth-order valence-corrected chi connectivity index (χ4v) is 3.22. The molecule has 0 unspecified atom stereocenters. The monoisotopic (exact) mass is 416 g/mol. The summed E-state index contributed by atoms with van der Waals surface area (Å²) in [4.78, 5) is 25.5. The van der Waals surface area contributed by atoms with Gasteiger partial charge in [-0.3, -0.25) is 9.59 Å². The van der Waals surface area contributed by atoms with E-state index in [4.69, 9.17) is 4.74 Å². The highest BCUT2D eigenvalue weighted by Crippen LogP contribution is 2.25. The van der Waals surface area contributed by atoms with Crippen molar-refractivity contribution in [2.24, 2.45) is 0 Å². The molecule has 5 nitrogen and oxygen atoms in total. The molecule has 2 N–H and O–H groups in total. The molecule has 5 heteroatoms. The van der Waals surface area contributed by atoms with Gasteiger partial charge < -0.3 is 15.4 Å². The van der Waals surface area contributed by atoms with E-state index in [1.165, 1.54) is 0 Å². The van der Waals surface area contributed by atoms with E-state index >= 15 is 0 Å². The topological polar surface area (TPSA) is 67.4 Å². The van der Waals surface area contributed by atoms with E-state index in [1.54, 1.807) is 31.2 Å². The van der Waals surface area contributed by atoms with E-state index < -0.39 is 6.10 Å². The summed E-state index contributed by atoms with van der Waals surface area (Å²) in [6.45, 7) is 6.24. The predicted octanol–water partition coefficient (Wildman–Crippen LogP) is 5.15. The molecule has 0 aromatic heterocycles. The smallest absolute Gasteiger partial charge is 0.265 e. The molecule has 0 bridgehead atoms.